The van der Waals surface area contributed by atoms with Gasteiger partial charge >= 0.3 is 0 Å². The van der Waals surface area contributed by atoms with E-state index in [1.807, 2.05) is 24.3 Å². The van der Waals surface area contributed by atoms with Crippen molar-refractivity contribution in [1.82, 2.24) is 5.32 Å². The second-order valence-electron chi connectivity index (χ2n) is 4.55. The molecule has 0 aliphatic rings. The molecular weight excluding hydrogens is 393 g/mol. The molecule has 0 aliphatic heterocycles. The van der Waals surface area contributed by atoms with E-state index in [4.69, 9.17) is 27.9 Å². The quantitative estimate of drug-likeness (QED) is 0.640. The van der Waals surface area contributed by atoms with Gasteiger partial charge in [-0.05, 0) is 37.2 Å². The van der Waals surface area contributed by atoms with E-state index in [2.05, 4.69) is 28.2 Å². The summed E-state index contributed by atoms with van der Waals surface area (Å²) in [6.07, 6.45) is 1.03. The SMILES string of the molecule is CCCNC(c1cc(Br)ccc1OC)c1cc(Cl)sc1Cl. The van der Waals surface area contributed by atoms with Crippen molar-refractivity contribution in [3.05, 3.63) is 48.5 Å². The number of nitrogens with one attached hydrogen (secondary N) is 1. The fourth-order valence-electron chi connectivity index (χ4n) is 2.16. The summed E-state index contributed by atoms with van der Waals surface area (Å²) in [6.45, 7) is 3.01. The Labute approximate surface area is 147 Å². The maximum Gasteiger partial charge on any atom is 0.124 e. The summed E-state index contributed by atoms with van der Waals surface area (Å²) in [4.78, 5) is 0. The predicted molar refractivity (Wildman–Crippen MR) is 95.2 cm³/mol. The summed E-state index contributed by atoms with van der Waals surface area (Å²) in [6, 6.07) is 7.83. The van der Waals surface area contributed by atoms with Crippen molar-refractivity contribution in [2.75, 3.05) is 13.7 Å². The maximum atomic E-state index is 6.35. The monoisotopic (exact) mass is 407 g/mol. The first-order valence-corrected chi connectivity index (χ1v) is 8.95. The number of hydrogen-bond acceptors (Lipinski definition) is 3. The second kappa shape index (κ2) is 7.84. The summed E-state index contributed by atoms with van der Waals surface area (Å²) in [5.74, 6) is 0.824. The number of rotatable bonds is 6. The third kappa shape index (κ3) is 4.14. The normalized spacial score (nSPS) is 12.4. The summed E-state index contributed by atoms with van der Waals surface area (Å²) >= 11 is 17.3. The van der Waals surface area contributed by atoms with E-state index in [0.29, 0.717) is 8.67 Å². The summed E-state index contributed by atoms with van der Waals surface area (Å²) < 4.78 is 7.89. The van der Waals surface area contributed by atoms with Gasteiger partial charge in [0.05, 0.1) is 21.8 Å². The van der Waals surface area contributed by atoms with Crippen molar-refractivity contribution in [1.29, 1.82) is 0 Å². The number of hydrogen-bond donors (Lipinski definition) is 1. The van der Waals surface area contributed by atoms with Gasteiger partial charge < -0.3 is 10.1 Å². The number of methoxy groups -OCH3 is 1. The van der Waals surface area contributed by atoms with Crippen molar-refractivity contribution in [3.63, 3.8) is 0 Å². The fourth-order valence-corrected chi connectivity index (χ4v) is 4.07. The Hall–Kier alpha value is -0.260. The average Bonchev–Trinajstić information content (AvgIpc) is 2.78. The molecule has 1 aromatic heterocycles. The minimum atomic E-state index is -0.0475. The van der Waals surface area contributed by atoms with E-state index >= 15 is 0 Å². The van der Waals surface area contributed by atoms with E-state index in [0.717, 1.165) is 34.3 Å². The Balaban J connectivity index is 2.50. The van der Waals surface area contributed by atoms with Crippen LogP contribution in [0.15, 0.2) is 28.7 Å². The Morgan fingerprint density at radius 1 is 1.29 bits per heavy atom. The molecule has 0 saturated heterocycles. The predicted octanol–water partition coefficient (Wildman–Crippen LogP) is 5.92. The van der Waals surface area contributed by atoms with Crippen LogP contribution in [0.1, 0.15) is 30.5 Å². The number of halogens is 3. The van der Waals surface area contributed by atoms with Crippen LogP contribution in [0.4, 0.5) is 0 Å². The smallest absolute Gasteiger partial charge is 0.124 e. The van der Waals surface area contributed by atoms with E-state index in [1.54, 1.807) is 7.11 Å². The van der Waals surface area contributed by atoms with Crippen LogP contribution < -0.4 is 10.1 Å². The van der Waals surface area contributed by atoms with Crippen LogP contribution in [0.2, 0.25) is 8.67 Å². The zero-order valence-corrected chi connectivity index (χ0v) is 15.7. The molecule has 0 saturated carbocycles. The van der Waals surface area contributed by atoms with Crippen molar-refractivity contribution < 1.29 is 4.74 Å². The second-order valence-corrected chi connectivity index (χ2v) is 7.75. The van der Waals surface area contributed by atoms with Crippen molar-refractivity contribution in [2.24, 2.45) is 0 Å². The molecule has 1 aromatic carbocycles. The zero-order valence-electron chi connectivity index (χ0n) is 11.8. The van der Waals surface area contributed by atoms with Crippen LogP contribution in [0, 0.1) is 0 Å². The first-order valence-electron chi connectivity index (χ1n) is 6.58. The Kier molecular flexibility index (Phi) is 6.38. The molecule has 114 valence electrons. The van der Waals surface area contributed by atoms with E-state index < -0.39 is 0 Å². The topological polar surface area (TPSA) is 21.3 Å². The van der Waals surface area contributed by atoms with Gasteiger partial charge in [-0.1, -0.05) is 46.1 Å². The average molecular weight is 409 g/mol. The third-order valence-corrected chi connectivity index (χ3v) is 5.11. The van der Waals surface area contributed by atoms with Crippen LogP contribution in [-0.4, -0.2) is 13.7 Å². The molecule has 0 fully saturated rings. The molecule has 2 aromatic rings. The summed E-state index contributed by atoms with van der Waals surface area (Å²) in [5, 5.41) is 3.52. The van der Waals surface area contributed by atoms with Crippen LogP contribution in [0.5, 0.6) is 5.75 Å². The van der Waals surface area contributed by atoms with E-state index in [1.165, 1.54) is 11.3 Å². The molecule has 21 heavy (non-hydrogen) atoms. The van der Waals surface area contributed by atoms with E-state index in [-0.39, 0.29) is 6.04 Å². The number of ether oxygens (including phenoxy) is 1. The highest BCUT2D eigenvalue weighted by Gasteiger charge is 2.22. The lowest BCUT2D eigenvalue weighted by molar-refractivity contribution is 0.404. The highest BCUT2D eigenvalue weighted by atomic mass is 79.9. The standard InChI is InChI=1S/C15H16BrCl2NOS/c1-3-6-19-14(11-8-13(17)21-15(11)18)10-7-9(16)4-5-12(10)20-2/h4-5,7-8,14,19H,3,6H2,1-2H3. The molecule has 6 heteroatoms. The van der Waals surface area contributed by atoms with Crippen molar-refractivity contribution >= 4 is 50.5 Å². The van der Waals surface area contributed by atoms with Gasteiger partial charge in [-0.2, -0.15) is 0 Å². The van der Waals surface area contributed by atoms with E-state index in [9.17, 15) is 0 Å². The lowest BCUT2D eigenvalue weighted by Gasteiger charge is -2.21. The molecule has 1 N–H and O–H groups in total. The van der Waals surface area contributed by atoms with Crippen LogP contribution >= 0.6 is 50.5 Å². The molecule has 0 radical (unpaired) electrons. The highest BCUT2D eigenvalue weighted by Crippen LogP contribution is 2.40. The minimum absolute atomic E-state index is 0.0475. The Bertz CT molecular complexity index is 618. The van der Waals surface area contributed by atoms with Crippen LogP contribution in [0.3, 0.4) is 0 Å². The lowest BCUT2D eigenvalue weighted by atomic mass is 10.00. The van der Waals surface area contributed by atoms with Crippen molar-refractivity contribution in [3.8, 4) is 5.75 Å². The van der Waals surface area contributed by atoms with Gasteiger partial charge in [0.2, 0.25) is 0 Å². The summed E-state index contributed by atoms with van der Waals surface area (Å²) in [5.41, 5.74) is 2.02. The van der Waals surface area contributed by atoms with Gasteiger partial charge in [0.25, 0.3) is 0 Å². The molecule has 0 spiro atoms. The first kappa shape index (κ1) is 17.1. The van der Waals surface area contributed by atoms with Gasteiger partial charge in [-0.25, -0.2) is 0 Å². The fraction of sp³-hybridized carbons (Fsp3) is 0.333. The van der Waals surface area contributed by atoms with Crippen molar-refractivity contribution in [2.45, 2.75) is 19.4 Å². The largest absolute Gasteiger partial charge is 0.496 e. The maximum absolute atomic E-state index is 6.35. The van der Waals surface area contributed by atoms with Gasteiger partial charge in [0, 0.05) is 15.6 Å². The van der Waals surface area contributed by atoms with Crippen LogP contribution in [0.25, 0.3) is 0 Å². The lowest BCUT2D eigenvalue weighted by Crippen LogP contribution is -2.23. The molecule has 2 nitrogen and oxygen atoms in total. The Morgan fingerprint density at radius 3 is 2.62 bits per heavy atom. The van der Waals surface area contributed by atoms with Gasteiger partial charge in [-0.3, -0.25) is 0 Å². The van der Waals surface area contributed by atoms with Crippen LogP contribution in [-0.2, 0) is 0 Å². The molecule has 0 aliphatic carbocycles. The summed E-state index contributed by atoms with van der Waals surface area (Å²) in [7, 11) is 1.67. The zero-order chi connectivity index (χ0) is 15.4. The highest BCUT2D eigenvalue weighted by molar-refractivity contribution is 9.10. The molecule has 1 unspecified atom stereocenters. The van der Waals surface area contributed by atoms with Gasteiger partial charge in [0.1, 0.15) is 5.75 Å². The molecule has 2 rings (SSSR count). The molecule has 0 bridgehead atoms. The molecule has 0 amide bonds. The number of thiophene rings is 1. The van der Waals surface area contributed by atoms with Gasteiger partial charge in [-0.15, -0.1) is 11.3 Å². The van der Waals surface area contributed by atoms with Gasteiger partial charge in [0.15, 0.2) is 0 Å². The number of benzene rings is 1. The first-order chi connectivity index (χ1) is 10.1. The minimum Gasteiger partial charge on any atom is -0.496 e. The molecular formula is C15H16BrCl2NOS. The third-order valence-electron chi connectivity index (χ3n) is 3.10. The molecule has 1 heterocycles. The molecule has 1 atom stereocenters. The Morgan fingerprint density at radius 2 is 2.05 bits per heavy atom.